The average Bonchev–Trinajstić information content (AvgIpc) is 1.19. The number of hydrogen-bond acceptors (Lipinski definition) is 4. The van der Waals surface area contributed by atoms with Gasteiger partial charge in [-0.25, -0.2) is 4.57 Å². The molecule has 0 aliphatic heterocycles. The Bertz CT molecular complexity index is 78.1. The molecule has 0 fully saturated rings. The fourth-order valence-corrected chi connectivity index (χ4v) is 0. The van der Waals surface area contributed by atoms with Crippen molar-refractivity contribution in [3.05, 3.63) is 0 Å². The molecular weight excluding hydrogens is 174 g/mol. The Kier molecular flexibility index (Phi) is 7.04. The van der Waals surface area contributed by atoms with E-state index in [-0.39, 0.29) is 0 Å². The predicted molar refractivity (Wildman–Crippen MR) is 27.8 cm³/mol. The molecule has 0 radical (unpaired) electrons. The fraction of sp³-hybridized carbons (Fsp3) is 0. The van der Waals surface area contributed by atoms with Crippen molar-refractivity contribution in [2.24, 2.45) is 0 Å². The van der Waals surface area contributed by atoms with Crippen LogP contribution in [0, 0.1) is 0 Å². The summed E-state index contributed by atoms with van der Waals surface area (Å²) < 4.78 is 8.88. The highest BCUT2D eigenvalue weighted by molar-refractivity contribution is 7.45. The van der Waals surface area contributed by atoms with Gasteiger partial charge in [0.05, 0.1) is 0 Å². The molecule has 0 aliphatic rings. The number of hydrogen-bond donors (Lipinski definition) is 6. The molecule has 0 unspecified atom stereocenters. The van der Waals surface area contributed by atoms with Crippen molar-refractivity contribution < 1.29 is 33.9 Å². The Hall–Kier alpha value is 0.420. The molecule has 9 heteroatoms. The minimum atomic E-state index is -4.64. The van der Waals surface area contributed by atoms with Crippen molar-refractivity contribution in [3.8, 4) is 0 Å². The summed E-state index contributed by atoms with van der Waals surface area (Å²) >= 11 is 0. The van der Waals surface area contributed by atoms with Crippen LogP contribution in [0.2, 0.25) is 0 Å². The van der Waals surface area contributed by atoms with Crippen LogP contribution in [-0.2, 0) is 4.57 Å². The molecule has 7 nitrogen and oxygen atoms in total. The normalized spacial score (nSPS) is 10.6. The first-order chi connectivity index (χ1) is 3.73. The van der Waals surface area contributed by atoms with Crippen molar-refractivity contribution in [1.29, 1.82) is 0 Å². The Balaban J connectivity index is 0. The molecule has 9 heavy (non-hydrogen) atoms. The zero-order valence-electron chi connectivity index (χ0n) is 3.99. The lowest BCUT2D eigenvalue weighted by Crippen LogP contribution is -1.66. The fourth-order valence-electron chi connectivity index (χ4n) is 0. The Labute approximate surface area is 51.5 Å². The molecular formula is H6O7P2. The first kappa shape index (κ1) is 12.1. The third-order valence-electron chi connectivity index (χ3n) is 0. The van der Waals surface area contributed by atoms with E-state index in [4.69, 9.17) is 33.9 Å². The van der Waals surface area contributed by atoms with Crippen LogP contribution in [0.4, 0.5) is 0 Å². The van der Waals surface area contributed by atoms with E-state index >= 15 is 0 Å². The van der Waals surface area contributed by atoms with Crippen LogP contribution in [0.3, 0.4) is 0 Å². The summed E-state index contributed by atoms with van der Waals surface area (Å²) in [6.07, 6.45) is 0. The SMILES string of the molecule is O=P(O)(O)O.OP(O)O. The van der Waals surface area contributed by atoms with Crippen molar-refractivity contribution in [2.75, 3.05) is 0 Å². The van der Waals surface area contributed by atoms with Gasteiger partial charge in [0.2, 0.25) is 0 Å². The van der Waals surface area contributed by atoms with Gasteiger partial charge in [-0.3, -0.25) is 0 Å². The highest BCUT2D eigenvalue weighted by Gasteiger charge is 2.00. The predicted octanol–water partition coefficient (Wildman–Crippen LogP) is -1.74. The Morgan fingerprint density at radius 1 is 1.00 bits per heavy atom. The molecule has 0 bridgehead atoms. The van der Waals surface area contributed by atoms with Gasteiger partial charge in [0.1, 0.15) is 0 Å². The van der Waals surface area contributed by atoms with Gasteiger partial charge >= 0.3 is 16.4 Å². The lowest BCUT2D eigenvalue weighted by Gasteiger charge is -1.82. The second-order valence-electron chi connectivity index (χ2n) is 0.782. The van der Waals surface area contributed by atoms with E-state index in [2.05, 4.69) is 0 Å². The van der Waals surface area contributed by atoms with Crippen LogP contribution in [-0.4, -0.2) is 29.4 Å². The van der Waals surface area contributed by atoms with Gasteiger partial charge in [-0.15, -0.1) is 0 Å². The standard InChI is InChI=1S/H3O4P.H3O3P/c1-5(2,3)4;1-4(2)3/h(H3,1,2,3,4);1-3H. The van der Waals surface area contributed by atoms with Crippen molar-refractivity contribution >= 4 is 16.4 Å². The molecule has 0 atom stereocenters. The van der Waals surface area contributed by atoms with E-state index in [1.54, 1.807) is 0 Å². The minimum absolute atomic E-state index is 2.62. The maximum absolute atomic E-state index is 8.88. The number of rotatable bonds is 0. The molecule has 0 rings (SSSR count). The van der Waals surface area contributed by atoms with Crippen LogP contribution in [0.15, 0.2) is 0 Å². The van der Waals surface area contributed by atoms with Gasteiger partial charge in [-0.2, -0.15) is 0 Å². The Morgan fingerprint density at radius 2 is 1.00 bits per heavy atom. The van der Waals surface area contributed by atoms with E-state index in [9.17, 15) is 0 Å². The summed E-state index contributed by atoms with van der Waals surface area (Å²) in [7, 11) is -7.26. The van der Waals surface area contributed by atoms with Gasteiger partial charge in [-0.1, -0.05) is 0 Å². The van der Waals surface area contributed by atoms with Gasteiger partial charge < -0.3 is 29.4 Å². The third-order valence-corrected chi connectivity index (χ3v) is 0. The molecule has 0 saturated heterocycles. The van der Waals surface area contributed by atoms with Crippen LogP contribution < -0.4 is 0 Å². The average molecular weight is 180 g/mol. The summed E-state index contributed by atoms with van der Waals surface area (Å²) in [5.41, 5.74) is 0. The van der Waals surface area contributed by atoms with Gasteiger partial charge in [0, 0.05) is 0 Å². The summed E-state index contributed by atoms with van der Waals surface area (Å²) in [5.74, 6) is 0. The minimum Gasteiger partial charge on any atom is -0.328 e. The van der Waals surface area contributed by atoms with Crippen LogP contribution in [0.5, 0.6) is 0 Å². The molecule has 0 amide bonds. The van der Waals surface area contributed by atoms with Crippen LogP contribution >= 0.6 is 16.4 Å². The first-order valence-electron chi connectivity index (χ1n) is 1.38. The van der Waals surface area contributed by atoms with Gasteiger partial charge in [0.15, 0.2) is 0 Å². The van der Waals surface area contributed by atoms with Gasteiger partial charge in [-0.05, 0) is 0 Å². The molecule has 6 N–H and O–H groups in total. The van der Waals surface area contributed by atoms with Crippen LogP contribution in [0.25, 0.3) is 0 Å². The monoisotopic (exact) mass is 180 g/mol. The number of phosphoric acid groups is 1. The lowest BCUT2D eigenvalue weighted by molar-refractivity contribution is 0.275. The maximum Gasteiger partial charge on any atom is 0.466 e. The molecule has 0 saturated carbocycles. The van der Waals surface area contributed by atoms with E-state index in [1.165, 1.54) is 0 Å². The van der Waals surface area contributed by atoms with Crippen molar-refractivity contribution in [1.82, 2.24) is 0 Å². The smallest absolute Gasteiger partial charge is 0.328 e. The zero-order chi connectivity index (χ0) is 8.08. The Morgan fingerprint density at radius 3 is 1.00 bits per heavy atom. The summed E-state index contributed by atoms with van der Waals surface area (Å²) in [5, 5.41) is 0. The molecule has 0 spiro atoms. The van der Waals surface area contributed by atoms with Gasteiger partial charge in [0.25, 0.3) is 0 Å². The maximum atomic E-state index is 8.88. The third kappa shape index (κ3) is 1970. The molecule has 0 aromatic heterocycles. The molecule has 0 aromatic rings. The highest BCUT2D eigenvalue weighted by Crippen LogP contribution is 2.25. The molecule has 0 aromatic carbocycles. The van der Waals surface area contributed by atoms with Crippen molar-refractivity contribution in [3.63, 3.8) is 0 Å². The van der Waals surface area contributed by atoms with E-state index in [0.717, 1.165) is 0 Å². The largest absolute Gasteiger partial charge is 0.466 e. The topological polar surface area (TPSA) is 138 Å². The van der Waals surface area contributed by atoms with Crippen LogP contribution in [0.1, 0.15) is 0 Å². The second-order valence-corrected chi connectivity index (χ2v) is 2.34. The van der Waals surface area contributed by atoms with E-state index in [1.807, 2.05) is 0 Å². The lowest BCUT2D eigenvalue weighted by atomic mass is 15.8. The zero-order valence-corrected chi connectivity index (χ0v) is 5.77. The summed E-state index contributed by atoms with van der Waals surface area (Å²) in [6.45, 7) is 0. The van der Waals surface area contributed by atoms with E-state index < -0.39 is 16.4 Å². The summed E-state index contributed by atoms with van der Waals surface area (Å²) in [6, 6.07) is 0. The quantitative estimate of drug-likeness (QED) is 0.243. The summed E-state index contributed by atoms with van der Waals surface area (Å²) in [4.78, 5) is 43.3. The highest BCUT2D eigenvalue weighted by atomic mass is 31.2. The molecule has 0 heterocycles. The first-order valence-corrected chi connectivity index (χ1v) is 4.15. The second kappa shape index (κ2) is 5.22. The van der Waals surface area contributed by atoms with E-state index in [0.29, 0.717) is 0 Å². The molecule has 58 valence electrons. The van der Waals surface area contributed by atoms with Crippen molar-refractivity contribution in [2.45, 2.75) is 0 Å². The molecule has 0 aliphatic carbocycles.